The molecule has 0 fully saturated rings. The number of aryl methyl sites for hydroxylation is 2. The first-order valence-corrected chi connectivity index (χ1v) is 7.37. The topological polar surface area (TPSA) is 55.6 Å². The minimum absolute atomic E-state index is 0.771. The molecule has 20 heavy (non-hydrogen) atoms. The van der Waals surface area contributed by atoms with Crippen molar-refractivity contribution in [1.82, 2.24) is 19.5 Å². The SMILES string of the molecule is CCNc1cnc(Cn2c(C)nc3c2CCCC3)cn1. The number of imidazole rings is 1. The largest absolute Gasteiger partial charge is 0.369 e. The molecule has 0 aromatic carbocycles. The molecule has 2 aromatic heterocycles. The van der Waals surface area contributed by atoms with Gasteiger partial charge in [0.1, 0.15) is 11.6 Å². The van der Waals surface area contributed by atoms with E-state index in [0.29, 0.717) is 0 Å². The van der Waals surface area contributed by atoms with Crippen LogP contribution in [0.25, 0.3) is 0 Å². The molecule has 2 heterocycles. The van der Waals surface area contributed by atoms with Crippen LogP contribution >= 0.6 is 0 Å². The molecule has 0 saturated carbocycles. The van der Waals surface area contributed by atoms with Crippen LogP contribution in [-0.2, 0) is 19.4 Å². The van der Waals surface area contributed by atoms with E-state index in [1.54, 1.807) is 6.20 Å². The Labute approximate surface area is 119 Å². The first-order chi connectivity index (χ1) is 9.78. The summed E-state index contributed by atoms with van der Waals surface area (Å²) in [5.74, 6) is 1.93. The fraction of sp³-hybridized carbons (Fsp3) is 0.533. The van der Waals surface area contributed by atoms with Crippen molar-refractivity contribution in [3.05, 3.63) is 35.3 Å². The lowest BCUT2D eigenvalue weighted by Gasteiger charge is -2.14. The van der Waals surface area contributed by atoms with Crippen molar-refractivity contribution in [2.75, 3.05) is 11.9 Å². The molecule has 0 unspecified atom stereocenters. The van der Waals surface area contributed by atoms with Crippen LogP contribution < -0.4 is 5.32 Å². The van der Waals surface area contributed by atoms with Gasteiger partial charge >= 0.3 is 0 Å². The summed E-state index contributed by atoms with van der Waals surface area (Å²) in [4.78, 5) is 13.6. The lowest BCUT2D eigenvalue weighted by atomic mass is 10.0. The summed E-state index contributed by atoms with van der Waals surface area (Å²) in [6, 6.07) is 0. The van der Waals surface area contributed by atoms with E-state index < -0.39 is 0 Å². The van der Waals surface area contributed by atoms with E-state index in [1.807, 2.05) is 6.20 Å². The highest BCUT2D eigenvalue weighted by atomic mass is 15.1. The lowest BCUT2D eigenvalue weighted by Crippen LogP contribution is -2.11. The zero-order valence-electron chi connectivity index (χ0n) is 12.2. The lowest BCUT2D eigenvalue weighted by molar-refractivity contribution is 0.619. The van der Waals surface area contributed by atoms with Crippen molar-refractivity contribution in [3.63, 3.8) is 0 Å². The highest BCUT2D eigenvalue weighted by Crippen LogP contribution is 2.22. The minimum atomic E-state index is 0.771. The second kappa shape index (κ2) is 5.61. The van der Waals surface area contributed by atoms with Gasteiger partial charge in [-0.05, 0) is 39.5 Å². The quantitative estimate of drug-likeness (QED) is 0.927. The van der Waals surface area contributed by atoms with Gasteiger partial charge in [-0.1, -0.05) is 0 Å². The maximum absolute atomic E-state index is 4.70. The maximum Gasteiger partial charge on any atom is 0.144 e. The van der Waals surface area contributed by atoms with Gasteiger partial charge in [0.15, 0.2) is 0 Å². The second-order valence-corrected chi connectivity index (χ2v) is 5.27. The Bertz CT molecular complexity index is 585. The van der Waals surface area contributed by atoms with Gasteiger partial charge in [0, 0.05) is 12.2 Å². The van der Waals surface area contributed by atoms with E-state index >= 15 is 0 Å². The van der Waals surface area contributed by atoms with Gasteiger partial charge in [0.25, 0.3) is 0 Å². The number of hydrogen-bond acceptors (Lipinski definition) is 4. The zero-order chi connectivity index (χ0) is 13.9. The third-order valence-electron chi connectivity index (χ3n) is 3.81. The molecular weight excluding hydrogens is 250 g/mol. The smallest absolute Gasteiger partial charge is 0.144 e. The van der Waals surface area contributed by atoms with Crippen molar-refractivity contribution in [1.29, 1.82) is 0 Å². The molecule has 5 nitrogen and oxygen atoms in total. The van der Waals surface area contributed by atoms with Crippen molar-refractivity contribution < 1.29 is 0 Å². The van der Waals surface area contributed by atoms with E-state index in [0.717, 1.165) is 43.3 Å². The molecule has 1 aliphatic rings. The standard InChI is InChI=1S/C15H21N5/c1-3-16-15-9-17-12(8-18-15)10-20-11(2)19-13-6-4-5-7-14(13)20/h8-9H,3-7,10H2,1-2H3,(H,16,18). The Morgan fingerprint density at radius 3 is 2.80 bits per heavy atom. The molecule has 0 radical (unpaired) electrons. The van der Waals surface area contributed by atoms with Crippen LogP contribution in [0, 0.1) is 6.92 Å². The Hall–Kier alpha value is -1.91. The summed E-state index contributed by atoms with van der Waals surface area (Å²) >= 11 is 0. The summed E-state index contributed by atoms with van der Waals surface area (Å²) in [5.41, 5.74) is 3.66. The van der Waals surface area contributed by atoms with Crippen LogP contribution in [0.4, 0.5) is 5.82 Å². The van der Waals surface area contributed by atoms with Crippen molar-refractivity contribution in [2.45, 2.75) is 46.1 Å². The predicted molar refractivity (Wildman–Crippen MR) is 78.9 cm³/mol. The highest BCUT2D eigenvalue weighted by molar-refractivity contribution is 5.30. The molecule has 0 aliphatic heterocycles. The van der Waals surface area contributed by atoms with Gasteiger partial charge in [0.2, 0.25) is 0 Å². The van der Waals surface area contributed by atoms with Gasteiger partial charge in [-0.2, -0.15) is 0 Å². The first kappa shape index (κ1) is 13.1. The van der Waals surface area contributed by atoms with Crippen LogP contribution in [0.2, 0.25) is 0 Å². The van der Waals surface area contributed by atoms with Gasteiger partial charge in [0.05, 0.1) is 30.3 Å². The summed E-state index contributed by atoms with van der Waals surface area (Å²) in [5, 5.41) is 3.16. The molecular formula is C15H21N5. The normalized spacial score (nSPS) is 14.1. The van der Waals surface area contributed by atoms with Crippen molar-refractivity contribution >= 4 is 5.82 Å². The van der Waals surface area contributed by atoms with Gasteiger partial charge < -0.3 is 9.88 Å². The molecule has 0 spiro atoms. The first-order valence-electron chi connectivity index (χ1n) is 7.37. The Balaban J connectivity index is 1.82. The van der Waals surface area contributed by atoms with Gasteiger partial charge in [-0.15, -0.1) is 0 Å². The molecule has 2 aromatic rings. The number of nitrogens with zero attached hydrogens (tertiary/aromatic N) is 4. The van der Waals surface area contributed by atoms with Crippen LogP contribution in [0.1, 0.15) is 42.7 Å². The summed E-state index contributed by atoms with van der Waals surface area (Å²) in [7, 11) is 0. The van der Waals surface area contributed by atoms with E-state index in [9.17, 15) is 0 Å². The fourth-order valence-corrected chi connectivity index (χ4v) is 2.82. The summed E-state index contributed by atoms with van der Waals surface area (Å²) < 4.78 is 2.30. The third-order valence-corrected chi connectivity index (χ3v) is 3.81. The average molecular weight is 271 g/mol. The van der Waals surface area contributed by atoms with Crippen LogP contribution in [-0.4, -0.2) is 26.1 Å². The van der Waals surface area contributed by atoms with E-state index in [4.69, 9.17) is 4.98 Å². The van der Waals surface area contributed by atoms with E-state index in [-0.39, 0.29) is 0 Å². The molecule has 0 bridgehead atoms. The summed E-state index contributed by atoms with van der Waals surface area (Å²) in [6.07, 6.45) is 8.45. The van der Waals surface area contributed by atoms with E-state index in [2.05, 4.69) is 33.7 Å². The van der Waals surface area contributed by atoms with Crippen molar-refractivity contribution in [3.8, 4) is 0 Å². The highest BCUT2D eigenvalue weighted by Gasteiger charge is 2.18. The molecule has 0 saturated heterocycles. The molecule has 3 rings (SSSR count). The number of nitrogens with one attached hydrogen (secondary N) is 1. The van der Waals surface area contributed by atoms with Crippen LogP contribution in [0.3, 0.4) is 0 Å². The number of anilines is 1. The predicted octanol–water partition coefficient (Wildman–Crippen LogP) is 2.34. The number of fused-ring (bicyclic) bond motifs is 1. The average Bonchev–Trinajstić information content (AvgIpc) is 2.78. The Kier molecular flexibility index (Phi) is 3.67. The number of rotatable bonds is 4. The second-order valence-electron chi connectivity index (χ2n) is 5.27. The van der Waals surface area contributed by atoms with Gasteiger partial charge in [-0.3, -0.25) is 4.98 Å². The maximum atomic E-state index is 4.70. The third kappa shape index (κ3) is 2.53. The minimum Gasteiger partial charge on any atom is -0.369 e. The molecule has 5 heteroatoms. The number of hydrogen-bond donors (Lipinski definition) is 1. The molecule has 0 amide bonds. The fourth-order valence-electron chi connectivity index (χ4n) is 2.82. The van der Waals surface area contributed by atoms with Crippen LogP contribution in [0.15, 0.2) is 12.4 Å². The molecule has 1 aliphatic carbocycles. The summed E-state index contributed by atoms with van der Waals surface area (Å²) in [6.45, 7) is 5.77. The zero-order valence-corrected chi connectivity index (χ0v) is 12.2. The molecule has 0 atom stereocenters. The molecule has 1 N–H and O–H groups in total. The number of aromatic nitrogens is 4. The Morgan fingerprint density at radius 1 is 1.20 bits per heavy atom. The van der Waals surface area contributed by atoms with Crippen LogP contribution in [0.5, 0.6) is 0 Å². The van der Waals surface area contributed by atoms with E-state index in [1.165, 1.54) is 24.2 Å². The molecule has 106 valence electrons. The monoisotopic (exact) mass is 271 g/mol. The van der Waals surface area contributed by atoms with Crippen molar-refractivity contribution in [2.24, 2.45) is 0 Å². The Morgan fingerprint density at radius 2 is 2.05 bits per heavy atom. The van der Waals surface area contributed by atoms with Gasteiger partial charge in [-0.25, -0.2) is 9.97 Å².